The van der Waals surface area contributed by atoms with Crippen LogP contribution in [0, 0.1) is 0 Å². The molecular formula is C29H32N4O5S. The van der Waals surface area contributed by atoms with Gasteiger partial charge in [-0.3, -0.25) is 4.79 Å². The Kier molecular flexibility index (Phi) is 6.80. The Morgan fingerprint density at radius 3 is 2.74 bits per heavy atom. The van der Waals surface area contributed by atoms with Gasteiger partial charge < -0.3 is 29.3 Å². The molecule has 1 N–H and O–H groups in total. The standard InChI is InChI=1S/C29H32N4O5S/c1-29(2)17-22-25(26(34)31-29)39-27(30-22)33-14-15-36-24-16-21(8-9-23(24)33)38-20-10-12-32(13-11-20)28(35)37-18-19-6-4-3-5-7-19/h3-9,16,20H,10-15,17-18H2,1-2H3,(H,31,34). The number of nitrogens with one attached hydrogen (secondary N) is 1. The number of piperidine rings is 1. The minimum absolute atomic E-state index is 0.00784. The predicted octanol–water partition coefficient (Wildman–Crippen LogP) is 4.92. The molecule has 1 fully saturated rings. The fourth-order valence-electron chi connectivity index (χ4n) is 5.21. The zero-order valence-electron chi connectivity index (χ0n) is 22.1. The van der Waals surface area contributed by atoms with Crippen molar-refractivity contribution < 1.29 is 23.8 Å². The molecule has 3 aromatic rings. The highest BCUT2D eigenvalue weighted by Crippen LogP contribution is 2.42. The highest BCUT2D eigenvalue weighted by Gasteiger charge is 2.35. The summed E-state index contributed by atoms with van der Waals surface area (Å²) in [7, 11) is 0. The molecule has 1 aromatic heterocycles. The summed E-state index contributed by atoms with van der Waals surface area (Å²) in [5.41, 5.74) is 2.44. The number of rotatable bonds is 5. The van der Waals surface area contributed by atoms with Gasteiger partial charge in [0.15, 0.2) is 5.13 Å². The summed E-state index contributed by atoms with van der Waals surface area (Å²) in [5, 5.41) is 3.86. The molecule has 0 spiro atoms. The molecule has 0 atom stereocenters. The molecule has 3 aliphatic rings. The molecule has 0 unspecified atom stereocenters. The zero-order chi connectivity index (χ0) is 27.0. The number of anilines is 2. The number of amides is 2. The minimum Gasteiger partial charge on any atom is -0.490 e. The number of hydrogen-bond acceptors (Lipinski definition) is 8. The van der Waals surface area contributed by atoms with Gasteiger partial charge in [0.05, 0.1) is 17.9 Å². The molecular weight excluding hydrogens is 516 g/mol. The molecule has 3 aliphatic heterocycles. The third-order valence-electron chi connectivity index (χ3n) is 7.19. The van der Waals surface area contributed by atoms with Gasteiger partial charge in [-0.1, -0.05) is 41.7 Å². The van der Waals surface area contributed by atoms with E-state index in [2.05, 4.69) is 10.2 Å². The number of hydrogen-bond donors (Lipinski definition) is 1. The lowest BCUT2D eigenvalue weighted by molar-refractivity contribution is 0.0637. The normalized spacial score (nSPS) is 18.5. The summed E-state index contributed by atoms with van der Waals surface area (Å²) >= 11 is 1.43. The minimum atomic E-state index is -0.302. The van der Waals surface area contributed by atoms with Crippen molar-refractivity contribution in [2.75, 3.05) is 31.1 Å². The third kappa shape index (κ3) is 5.52. The largest absolute Gasteiger partial charge is 0.490 e. The number of aromatic nitrogens is 1. The molecule has 1 saturated heterocycles. The molecule has 39 heavy (non-hydrogen) atoms. The van der Waals surface area contributed by atoms with Crippen molar-refractivity contribution in [1.82, 2.24) is 15.2 Å². The first-order valence-corrected chi connectivity index (χ1v) is 14.2. The molecule has 0 radical (unpaired) electrons. The lowest BCUT2D eigenvalue weighted by Gasteiger charge is -2.32. The first kappa shape index (κ1) is 25.5. The van der Waals surface area contributed by atoms with Gasteiger partial charge >= 0.3 is 6.09 Å². The van der Waals surface area contributed by atoms with E-state index in [0.717, 1.165) is 46.4 Å². The summed E-state index contributed by atoms with van der Waals surface area (Å²) in [6, 6.07) is 15.6. The molecule has 204 valence electrons. The van der Waals surface area contributed by atoms with Crippen LogP contribution in [-0.2, 0) is 17.8 Å². The fraction of sp³-hybridized carbons (Fsp3) is 0.414. The summed E-state index contributed by atoms with van der Waals surface area (Å²) in [5.74, 6) is 1.41. The molecule has 6 rings (SSSR count). The van der Waals surface area contributed by atoms with Crippen molar-refractivity contribution in [1.29, 1.82) is 0 Å². The topological polar surface area (TPSA) is 93.2 Å². The van der Waals surface area contributed by atoms with Crippen LogP contribution in [0.3, 0.4) is 0 Å². The van der Waals surface area contributed by atoms with Gasteiger partial charge in [0, 0.05) is 44.0 Å². The lowest BCUT2D eigenvalue weighted by Crippen LogP contribution is -2.48. The molecule has 2 aromatic carbocycles. The van der Waals surface area contributed by atoms with Crippen LogP contribution in [0.2, 0.25) is 0 Å². The van der Waals surface area contributed by atoms with Crippen molar-refractivity contribution in [3.05, 3.63) is 64.7 Å². The van der Waals surface area contributed by atoms with Crippen LogP contribution in [-0.4, -0.2) is 59.8 Å². The SMILES string of the molecule is CC1(C)Cc2nc(N3CCOc4cc(OC5CCN(C(=O)OCc6ccccc6)CC5)ccc43)sc2C(=O)N1. The van der Waals surface area contributed by atoms with Crippen LogP contribution in [0.4, 0.5) is 15.6 Å². The summed E-state index contributed by atoms with van der Waals surface area (Å²) in [6.07, 6.45) is 1.89. The Labute approximate surface area is 231 Å². The maximum absolute atomic E-state index is 12.6. The average Bonchev–Trinajstić information content (AvgIpc) is 3.35. The molecule has 0 saturated carbocycles. The van der Waals surface area contributed by atoms with Crippen molar-refractivity contribution >= 4 is 34.2 Å². The van der Waals surface area contributed by atoms with E-state index in [1.54, 1.807) is 4.90 Å². The number of carbonyl (C=O) groups is 2. The van der Waals surface area contributed by atoms with Gasteiger partial charge in [0.1, 0.15) is 35.7 Å². The van der Waals surface area contributed by atoms with E-state index < -0.39 is 0 Å². The van der Waals surface area contributed by atoms with Crippen LogP contribution in [0.15, 0.2) is 48.5 Å². The van der Waals surface area contributed by atoms with E-state index in [1.165, 1.54) is 11.3 Å². The summed E-state index contributed by atoms with van der Waals surface area (Å²) in [6.45, 7) is 6.65. The monoisotopic (exact) mass is 548 g/mol. The van der Waals surface area contributed by atoms with Crippen molar-refractivity contribution in [3.63, 3.8) is 0 Å². The van der Waals surface area contributed by atoms with Crippen LogP contribution < -0.4 is 19.7 Å². The van der Waals surface area contributed by atoms with Crippen LogP contribution in [0.5, 0.6) is 11.5 Å². The Morgan fingerprint density at radius 2 is 1.95 bits per heavy atom. The number of thiazole rings is 1. The Hall–Kier alpha value is -3.79. The van der Waals surface area contributed by atoms with Crippen molar-refractivity contribution in [2.45, 2.75) is 51.4 Å². The van der Waals surface area contributed by atoms with Gasteiger partial charge in [-0.05, 0) is 31.5 Å². The third-order valence-corrected chi connectivity index (χ3v) is 8.31. The van der Waals surface area contributed by atoms with E-state index in [9.17, 15) is 9.59 Å². The predicted molar refractivity (Wildman–Crippen MR) is 148 cm³/mol. The van der Waals surface area contributed by atoms with Gasteiger partial charge in [-0.15, -0.1) is 0 Å². The van der Waals surface area contributed by atoms with Gasteiger partial charge in [-0.2, -0.15) is 0 Å². The molecule has 0 bridgehead atoms. The first-order valence-electron chi connectivity index (χ1n) is 13.3. The Morgan fingerprint density at radius 1 is 1.15 bits per heavy atom. The number of fused-ring (bicyclic) bond motifs is 2. The van der Waals surface area contributed by atoms with Crippen molar-refractivity contribution in [3.8, 4) is 11.5 Å². The number of benzene rings is 2. The van der Waals surface area contributed by atoms with E-state index in [0.29, 0.717) is 37.5 Å². The Balaban J connectivity index is 1.07. The summed E-state index contributed by atoms with van der Waals surface area (Å²) in [4.78, 5) is 34.5. The van der Waals surface area contributed by atoms with Crippen LogP contribution >= 0.6 is 11.3 Å². The molecule has 9 nitrogen and oxygen atoms in total. The number of carbonyl (C=O) groups excluding carboxylic acids is 2. The second-order valence-corrected chi connectivity index (χ2v) is 11.7. The number of nitrogens with zero attached hydrogens (tertiary/aromatic N) is 3. The molecule has 10 heteroatoms. The Bertz CT molecular complexity index is 1370. The van der Waals surface area contributed by atoms with E-state index in [1.807, 2.05) is 62.4 Å². The quantitative estimate of drug-likeness (QED) is 0.484. The highest BCUT2D eigenvalue weighted by atomic mass is 32.1. The number of ether oxygens (including phenoxy) is 3. The van der Waals surface area contributed by atoms with Crippen LogP contribution in [0.1, 0.15) is 47.6 Å². The highest BCUT2D eigenvalue weighted by molar-refractivity contribution is 7.17. The smallest absolute Gasteiger partial charge is 0.410 e. The molecule has 0 aliphatic carbocycles. The molecule has 2 amide bonds. The zero-order valence-corrected chi connectivity index (χ0v) is 23.0. The van der Waals surface area contributed by atoms with E-state index in [-0.39, 0.29) is 30.3 Å². The van der Waals surface area contributed by atoms with Gasteiger partial charge in [-0.25, -0.2) is 9.78 Å². The first-order chi connectivity index (χ1) is 18.8. The second-order valence-electron chi connectivity index (χ2n) is 10.8. The molecule has 4 heterocycles. The van der Waals surface area contributed by atoms with Crippen LogP contribution in [0.25, 0.3) is 0 Å². The summed E-state index contributed by atoms with van der Waals surface area (Å²) < 4.78 is 17.7. The van der Waals surface area contributed by atoms with E-state index in [4.69, 9.17) is 19.2 Å². The lowest BCUT2D eigenvalue weighted by atomic mass is 9.94. The second kappa shape index (κ2) is 10.4. The maximum atomic E-state index is 12.6. The van der Waals surface area contributed by atoms with E-state index >= 15 is 0 Å². The van der Waals surface area contributed by atoms with Crippen molar-refractivity contribution in [2.24, 2.45) is 0 Å². The maximum Gasteiger partial charge on any atom is 0.410 e. The number of likely N-dealkylation sites (tertiary alicyclic amines) is 1. The average molecular weight is 549 g/mol. The van der Waals surface area contributed by atoms with Gasteiger partial charge in [0.25, 0.3) is 5.91 Å². The van der Waals surface area contributed by atoms with Gasteiger partial charge in [0.2, 0.25) is 0 Å². The fourth-order valence-corrected chi connectivity index (χ4v) is 6.23.